The van der Waals surface area contributed by atoms with Gasteiger partial charge >= 0.3 is 0 Å². The molecular weight excluding hydrogens is 262 g/mol. The Morgan fingerprint density at radius 2 is 1.80 bits per heavy atom. The van der Waals surface area contributed by atoms with E-state index in [2.05, 4.69) is 67.9 Å². The Hall–Kier alpha value is -1.12. The molecule has 1 heterocycles. The molecule has 0 saturated carbocycles. The van der Waals surface area contributed by atoms with Crippen LogP contribution >= 0.6 is 11.3 Å². The maximum atomic E-state index is 3.62. The third-order valence-corrected chi connectivity index (χ3v) is 4.66. The number of hydrogen-bond donors (Lipinski definition) is 1. The molecule has 0 aliphatic heterocycles. The van der Waals surface area contributed by atoms with Gasteiger partial charge in [0.25, 0.3) is 0 Å². The summed E-state index contributed by atoms with van der Waals surface area (Å²) in [5.74, 6) is 1.27. The maximum absolute atomic E-state index is 3.62. The van der Waals surface area contributed by atoms with Gasteiger partial charge in [-0.15, -0.1) is 11.3 Å². The van der Waals surface area contributed by atoms with Crippen LogP contribution in [-0.2, 0) is 6.42 Å². The quantitative estimate of drug-likeness (QED) is 0.783. The zero-order chi connectivity index (χ0) is 14.4. The molecule has 0 bridgehead atoms. The highest BCUT2D eigenvalue weighted by Crippen LogP contribution is 2.25. The van der Waals surface area contributed by atoms with E-state index >= 15 is 0 Å². The van der Waals surface area contributed by atoms with Crippen molar-refractivity contribution in [2.45, 2.75) is 33.1 Å². The van der Waals surface area contributed by atoms with Gasteiger partial charge in [0.1, 0.15) is 0 Å². The predicted octanol–water partition coefficient (Wildman–Crippen LogP) is 4.63. The molecule has 0 saturated heterocycles. The molecule has 1 aromatic carbocycles. The Balaban J connectivity index is 2.06. The summed E-state index contributed by atoms with van der Waals surface area (Å²) in [5, 5.41) is 5.82. The minimum atomic E-state index is 0.562. The Morgan fingerprint density at radius 3 is 2.40 bits per heavy atom. The number of rotatable bonds is 7. The molecule has 0 spiro atoms. The standard InChI is InChI=1S/C18H25NS/c1-14(2)12-19-13-17(16-7-5-4-6-8-16)11-18-15(3)9-10-20-18/h4-10,14,17,19H,11-13H2,1-3H3. The van der Waals surface area contributed by atoms with Gasteiger partial charge < -0.3 is 5.32 Å². The minimum Gasteiger partial charge on any atom is -0.316 e. The van der Waals surface area contributed by atoms with Crippen LogP contribution in [0.3, 0.4) is 0 Å². The van der Waals surface area contributed by atoms with Gasteiger partial charge in [-0.2, -0.15) is 0 Å². The summed E-state index contributed by atoms with van der Waals surface area (Å²) >= 11 is 1.88. The summed E-state index contributed by atoms with van der Waals surface area (Å²) in [7, 11) is 0. The first-order valence-corrected chi connectivity index (χ1v) is 8.33. The van der Waals surface area contributed by atoms with Gasteiger partial charge in [0.05, 0.1) is 0 Å². The van der Waals surface area contributed by atoms with E-state index in [1.807, 2.05) is 11.3 Å². The van der Waals surface area contributed by atoms with Crippen molar-refractivity contribution in [3.8, 4) is 0 Å². The largest absolute Gasteiger partial charge is 0.316 e. The average Bonchev–Trinajstić information content (AvgIpc) is 2.84. The van der Waals surface area contributed by atoms with Crippen molar-refractivity contribution >= 4 is 11.3 Å². The summed E-state index contributed by atoms with van der Waals surface area (Å²) in [6, 6.07) is 13.1. The van der Waals surface area contributed by atoms with E-state index in [0.29, 0.717) is 11.8 Å². The van der Waals surface area contributed by atoms with Crippen LogP contribution in [-0.4, -0.2) is 13.1 Å². The second-order valence-corrected chi connectivity index (χ2v) is 6.89. The fraction of sp³-hybridized carbons (Fsp3) is 0.444. The lowest BCUT2D eigenvalue weighted by Gasteiger charge is -2.19. The highest BCUT2D eigenvalue weighted by Gasteiger charge is 2.14. The molecule has 0 aliphatic carbocycles. The van der Waals surface area contributed by atoms with E-state index in [4.69, 9.17) is 0 Å². The van der Waals surface area contributed by atoms with E-state index in [-0.39, 0.29) is 0 Å². The molecule has 0 aliphatic rings. The van der Waals surface area contributed by atoms with E-state index in [1.165, 1.54) is 16.0 Å². The summed E-state index contributed by atoms with van der Waals surface area (Å²) in [5.41, 5.74) is 2.87. The summed E-state index contributed by atoms with van der Waals surface area (Å²) in [4.78, 5) is 1.52. The molecule has 2 aromatic rings. The molecule has 1 nitrogen and oxygen atoms in total. The molecule has 1 unspecified atom stereocenters. The summed E-state index contributed by atoms with van der Waals surface area (Å²) < 4.78 is 0. The summed E-state index contributed by atoms with van der Waals surface area (Å²) in [6.07, 6.45) is 1.14. The second-order valence-electron chi connectivity index (χ2n) is 5.89. The zero-order valence-electron chi connectivity index (χ0n) is 12.7. The lowest BCUT2D eigenvalue weighted by molar-refractivity contribution is 0.515. The predicted molar refractivity (Wildman–Crippen MR) is 89.7 cm³/mol. The van der Waals surface area contributed by atoms with Gasteiger partial charge in [-0.3, -0.25) is 0 Å². The van der Waals surface area contributed by atoms with Crippen molar-refractivity contribution in [3.05, 3.63) is 57.8 Å². The number of hydrogen-bond acceptors (Lipinski definition) is 2. The number of nitrogens with one attached hydrogen (secondary N) is 1. The van der Waals surface area contributed by atoms with Crippen LogP contribution in [0, 0.1) is 12.8 Å². The van der Waals surface area contributed by atoms with E-state index in [9.17, 15) is 0 Å². The van der Waals surface area contributed by atoms with Crippen LogP contribution in [0.5, 0.6) is 0 Å². The van der Waals surface area contributed by atoms with Crippen LogP contribution in [0.4, 0.5) is 0 Å². The third kappa shape index (κ3) is 4.46. The first-order chi connectivity index (χ1) is 9.66. The first-order valence-electron chi connectivity index (χ1n) is 7.45. The Labute approximate surface area is 127 Å². The highest BCUT2D eigenvalue weighted by atomic mass is 32.1. The van der Waals surface area contributed by atoms with Crippen molar-refractivity contribution in [2.24, 2.45) is 5.92 Å². The van der Waals surface area contributed by atoms with E-state index in [0.717, 1.165) is 19.5 Å². The molecular formula is C18H25NS. The van der Waals surface area contributed by atoms with Crippen LogP contribution in [0.25, 0.3) is 0 Å². The Morgan fingerprint density at radius 1 is 1.05 bits per heavy atom. The average molecular weight is 287 g/mol. The molecule has 0 fully saturated rings. The highest BCUT2D eigenvalue weighted by molar-refractivity contribution is 7.10. The fourth-order valence-corrected chi connectivity index (χ4v) is 3.40. The van der Waals surface area contributed by atoms with Crippen molar-refractivity contribution in [2.75, 3.05) is 13.1 Å². The van der Waals surface area contributed by atoms with Gasteiger partial charge in [0.2, 0.25) is 0 Å². The summed E-state index contributed by atoms with van der Waals surface area (Å²) in [6.45, 7) is 8.88. The molecule has 1 aromatic heterocycles. The van der Waals surface area contributed by atoms with E-state index < -0.39 is 0 Å². The molecule has 1 atom stereocenters. The van der Waals surface area contributed by atoms with Gasteiger partial charge in [-0.1, -0.05) is 44.2 Å². The van der Waals surface area contributed by atoms with Gasteiger partial charge in [0.15, 0.2) is 0 Å². The molecule has 20 heavy (non-hydrogen) atoms. The molecule has 0 radical (unpaired) electrons. The zero-order valence-corrected chi connectivity index (χ0v) is 13.5. The lowest BCUT2D eigenvalue weighted by atomic mass is 9.94. The maximum Gasteiger partial charge on any atom is 0.00809 e. The van der Waals surface area contributed by atoms with Crippen LogP contribution in [0.1, 0.15) is 35.8 Å². The minimum absolute atomic E-state index is 0.562. The smallest absolute Gasteiger partial charge is 0.00809 e. The van der Waals surface area contributed by atoms with Gasteiger partial charge in [0, 0.05) is 17.3 Å². The first kappa shape index (κ1) is 15.3. The Kier molecular flexibility index (Phi) is 5.81. The topological polar surface area (TPSA) is 12.0 Å². The molecule has 108 valence electrons. The molecule has 2 heteroatoms. The number of aryl methyl sites for hydroxylation is 1. The Bertz CT molecular complexity index is 501. The molecule has 0 amide bonds. The van der Waals surface area contributed by atoms with Crippen molar-refractivity contribution in [3.63, 3.8) is 0 Å². The molecule has 1 N–H and O–H groups in total. The number of thiophene rings is 1. The van der Waals surface area contributed by atoms with Crippen LogP contribution in [0.2, 0.25) is 0 Å². The van der Waals surface area contributed by atoms with E-state index in [1.54, 1.807) is 0 Å². The SMILES string of the molecule is Cc1ccsc1CC(CNCC(C)C)c1ccccc1. The van der Waals surface area contributed by atoms with Crippen LogP contribution < -0.4 is 5.32 Å². The van der Waals surface area contributed by atoms with Crippen molar-refractivity contribution in [1.82, 2.24) is 5.32 Å². The van der Waals surface area contributed by atoms with Crippen molar-refractivity contribution in [1.29, 1.82) is 0 Å². The fourth-order valence-electron chi connectivity index (χ4n) is 2.42. The lowest BCUT2D eigenvalue weighted by Crippen LogP contribution is -2.26. The van der Waals surface area contributed by atoms with Crippen LogP contribution in [0.15, 0.2) is 41.8 Å². The monoisotopic (exact) mass is 287 g/mol. The normalized spacial score (nSPS) is 12.8. The third-order valence-electron chi connectivity index (χ3n) is 3.61. The van der Waals surface area contributed by atoms with Gasteiger partial charge in [-0.25, -0.2) is 0 Å². The van der Waals surface area contributed by atoms with Crippen molar-refractivity contribution < 1.29 is 0 Å². The number of benzene rings is 1. The van der Waals surface area contributed by atoms with Gasteiger partial charge in [-0.05, 0) is 48.4 Å². The second kappa shape index (κ2) is 7.61. The molecule has 2 rings (SSSR count).